The van der Waals surface area contributed by atoms with E-state index in [1.165, 1.54) is 12.5 Å². The number of halogens is 1. The Kier molecular flexibility index (Phi) is 7.51. The van der Waals surface area contributed by atoms with Gasteiger partial charge < -0.3 is 9.80 Å². The zero-order valence-electron chi connectivity index (χ0n) is 20.6. The molecule has 1 unspecified atom stereocenters. The lowest BCUT2D eigenvalue weighted by atomic mass is 10.1. The summed E-state index contributed by atoms with van der Waals surface area (Å²) in [6.45, 7) is 9.50. The molecular formula is C27H31FN6O. The lowest BCUT2D eigenvalue weighted by Gasteiger charge is -2.21. The quantitative estimate of drug-likeness (QED) is 0.405. The molecule has 3 aromatic heterocycles. The number of hydrogen-bond acceptors (Lipinski definition) is 6. The van der Waals surface area contributed by atoms with Gasteiger partial charge in [-0.3, -0.25) is 4.79 Å². The Morgan fingerprint density at radius 2 is 1.71 bits per heavy atom. The first-order chi connectivity index (χ1) is 16.9. The molecule has 1 saturated heterocycles. The molecule has 0 saturated carbocycles. The highest BCUT2D eigenvalue weighted by molar-refractivity contribution is 5.94. The Balaban J connectivity index is 0.000000165. The predicted octanol–water partition coefficient (Wildman–Crippen LogP) is 4.58. The third-order valence-corrected chi connectivity index (χ3v) is 6.37. The fourth-order valence-corrected chi connectivity index (χ4v) is 4.21. The Morgan fingerprint density at radius 1 is 1.00 bits per heavy atom. The van der Waals surface area contributed by atoms with Gasteiger partial charge in [0.25, 0.3) is 0 Å². The molecule has 0 spiro atoms. The summed E-state index contributed by atoms with van der Waals surface area (Å²) in [7, 11) is 2.19. The number of benzene rings is 1. The highest BCUT2D eigenvalue weighted by atomic mass is 19.1. The van der Waals surface area contributed by atoms with Gasteiger partial charge in [-0.1, -0.05) is 18.2 Å². The van der Waals surface area contributed by atoms with Crippen molar-refractivity contribution < 1.29 is 9.18 Å². The third-order valence-electron chi connectivity index (χ3n) is 6.37. The van der Waals surface area contributed by atoms with Gasteiger partial charge in [0.15, 0.2) is 6.29 Å². The van der Waals surface area contributed by atoms with E-state index in [1.807, 2.05) is 26.0 Å². The van der Waals surface area contributed by atoms with E-state index in [0.29, 0.717) is 34.7 Å². The minimum atomic E-state index is -0.385. The second-order valence-electron chi connectivity index (χ2n) is 8.95. The summed E-state index contributed by atoms with van der Waals surface area (Å²) in [4.78, 5) is 25.0. The molecule has 4 heterocycles. The smallest absolute Gasteiger partial charge is 0.225 e. The average Bonchev–Trinajstić information content (AvgIpc) is 3.13. The molecule has 8 heteroatoms. The number of aryl methyl sites for hydroxylation is 2. The number of aromatic nitrogens is 4. The first-order valence-electron chi connectivity index (χ1n) is 11.8. The van der Waals surface area contributed by atoms with Gasteiger partial charge in [0.2, 0.25) is 5.95 Å². The van der Waals surface area contributed by atoms with Crippen LogP contribution >= 0.6 is 0 Å². The van der Waals surface area contributed by atoms with Crippen LogP contribution in [0.15, 0.2) is 54.7 Å². The molecule has 0 N–H and O–H groups in total. The van der Waals surface area contributed by atoms with Gasteiger partial charge in [-0.25, -0.2) is 18.9 Å². The zero-order chi connectivity index (χ0) is 24.9. The molecule has 0 radical (unpaired) electrons. The Labute approximate surface area is 205 Å². The number of hydrogen-bond donors (Lipinski definition) is 0. The van der Waals surface area contributed by atoms with Gasteiger partial charge in [-0.05, 0) is 64.6 Å². The fourth-order valence-electron chi connectivity index (χ4n) is 4.21. The van der Waals surface area contributed by atoms with Gasteiger partial charge in [0.05, 0.1) is 11.1 Å². The summed E-state index contributed by atoms with van der Waals surface area (Å²) in [5.41, 5.74) is 3.89. The molecule has 0 amide bonds. The Hall–Kier alpha value is -3.65. The SMILES string of the molecule is Cc1cc(C)nc(N2CCC(C)N(C)CC2)n1.O=Cc1c(-c2ccccc2F)nn2ccccc12. The van der Waals surface area contributed by atoms with Crippen LogP contribution < -0.4 is 4.90 Å². The second kappa shape index (κ2) is 10.7. The molecule has 1 atom stereocenters. The largest absolute Gasteiger partial charge is 0.339 e. The number of aldehydes is 1. The van der Waals surface area contributed by atoms with Crippen molar-refractivity contribution in [2.24, 2.45) is 0 Å². The van der Waals surface area contributed by atoms with Crippen molar-refractivity contribution in [2.45, 2.75) is 33.2 Å². The monoisotopic (exact) mass is 474 g/mol. The molecule has 7 nitrogen and oxygen atoms in total. The van der Waals surface area contributed by atoms with E-state index in [-0.39, 0.29) is 5.82 Å². The number of carbonyl (C=O) groups excluding carboxylic acids is 1. The van der Waals surface area contributed by atoms with Crippen molar-refractivity contribution >= 4 is 17.8 Å². The molecule has 1 fully saturated rings. The predicted molar refractivity (Wildman–Crippen MR) is 136 cm³/mol. The summed E-state index contributed by atoms with van der Waals surface area (Å²) in [5, 5.41) is 4.26. The molecule has 0 aliphatic carbocycles. The lowest BCUT2D eigenvalue weighted by molar-refractivity contribution is 0.112. The number of pyridine rings is 1. The average molecular weight is 475 g/mol. The Morgan fingerprint density at radius 3 is 2.43 bits per heavy atom. The molecule has 5 rings (SSSR count). The van der Waals surface area contributed by atoms with Crippen LogP contribution in [0.3, 0.4) is 0 Å². The van der Waals surface area contributed by atoms with E-state index in [0.717, 1.165) is 37.0 Å². The van der Waals surface area contributed by atoms with Crippen molar-refractivity contribution in [1.82, 2.24) is 24.5 Å². The van der Waals surface area contributed by atoms with Crippen molar-refractivity contribution in [2.75, 3.05) is 31.6 Å². The maximum absolute atomic E-state index is 13.8. The van der Waals surface area contributed by atoms with Crippen LogP contribution in [-0.2, 0) is 0 Å². The van der Waals surface area contributed by atoms with Crippen LogP contribution in [0.2, 0.25) is 0 Å². The van der Waals surface area contributed by atoms with E-state index >= 15 is 0 Å². The summed E-state index contributed by atoms with van der Waals surface area (Å²) < 4.78 is 15.3. The van der Waals surface area contributed by atoms with Gasteiger partial charge in [0, 0.05) is 48.8 Å². The normalized spacial score (nSPS) is 16.5. The number of rotatable bonds is 3. The maximum atomic E-state index is 13.8. The van der Waals surface area contributed by atoms with Gasteiger partial charge in [-0.15, -0.1) is 0 Å². The van der Waals surface area contributed by atoms with Crippen molar-refractivity contribution in [1.29, 1.82) is 0 Å². The van der Waals surface area contributed by atoms with E-state index in [9.17, 15) is 9.18 Å². The minimum absolute atomic E-state index is 0.336. The molecule has 1 aromatic carbocycles. The molecule has 1 aliphatic heterocycles. The van der Waals surface area contributed by atoms with Crippen molar-refractivity contribution in [3.8, 4) is 11.3 Å². The number of nitrogens with zero attached hydrogens (tertiary/aromatic N) is 6. The van der Waals surface area contributed by atoms with Gasteiger partial charge in [-0.2, -0.15) is 5.10 Å². The lowest BCUT2D eigenvalue weighted by Crippen LogP contribution is -2.31. The van der Waals surface area contributed by atoms with E-state index in [4.69, 9.17) is 0 Å². The van der Waals surface area contributed by atoms with E-state index in [2.05, 4.69) is 38.8 Å². The number of fused-ring (bicyclic) bond motifs is 1. The Bertz CT molecular complexity index is 1290. The summed E-state index contributed by atoms with van der Waals surface area (Å²) in [5.74, 6) is 0.508. The number of anilines is 1. The van der Waals surface area contributed by atoms with Crippen molar-refractivity contribution in [3.63, 3.8) is 0 Å². The van der Waals surface area contributed by atoms with Crippen molar-refractivity contribution in [3.05, 3.63) is 77.5 Å². The molecule has 182 valence electrons. The van der Waals surface area contributed by atoms with Crippen LogP contribution in [0.1, 0.15) is 35.1 Å². The van der Waals surface area contributed by atoms with Crippen LogP contribution in [0.5, 0.6) is 0 Å². The van der Waals surface area contributed by atoms with Gasteiger partial charge in [0.1, 0.15) is 11.5 Å². The minimum Gasteiger partial charge on any atom is -0.339 e. The summed E-state index contributed by atoms with van der Waals surface area (Å²) in [6.07, 6.45) is 3.61. The third kappa shape index (κ3) is 5.54. The molecular weight excluding hydrogens is 443 g/mol. The number of likely N-dealkylation sites (N-methyl/N-ethyl adjacent to an activating group) is 1. The van der Waals surface area contributed by atoms with Gasteiger partial charge >= 0.3 is 0 Å². The van der Waals surface area contributed by atoms with E-state index in [1.54, 1.807) is 41.0 Å². The highest BCUT2D eigenvalue weighted by Gasteiger charge is 2.20. The fraction of sp³-hybridized carbons (Fsp3) is 0.333. The highest BCUT2D eigenvalue weighted by Crippen LogP contribution is 2.26. The van der Waals surface area contributed by atoms with Crippen LogP contribution in [-0.4, -0.2) is 63.5 Å². The molecule has 0 bridgehead atoms. The first kappa shape index (κ1) is 24.5. The molecule has 1 aliphatic rings. The topological polar surface area (TPSA) is 66.6 Å². The summed E-state index contributed by atoms with van der Waals surface area (Å²) in [6, 6.07) is 14.4. The standard InChI is InChI=1S/C14H9FN2O.C13H22N4/c15-12-6-2-1-5-10(12)14-11(9-18)13-7-3-4-8-17(13)16-14;1-10-9-11(2)15-13(14-10)17-6-5-12(3)16(4)7-8-17/h1-9H;9,12H,5-8H2,1-4H3. The van der Waals surface area contributed by atoms with Crippen LogP contribution in [0, 0.1) is 19.7 Å². The van der Waals surface area contributed by atoms with Crippen LogP contribution in [0.4, 0.5) is 10.3 Å². The zero-order valence-corrected chi connectivity index (χ0v) is 20.6. The summed E-state index contributed by atoms with van der Waals surface area (Å²) >= 11 is 0. The van der Waals surface area contributed by atoms with E-state index < -0.39 is 0 Å². The maximum Gasteiger partial charge on any atom is 0.225 e. The number of carbonyl (C=O) groups is 1. The first-order valence-corrected chi connectivity index (χ1v) is 11.8. The van der Waals surface area contributed by atoms with Crippen LogP contribution in [0.25, 0.3) is 16.8 Å². The molecule has 4 aromatic rings. The second-order valence-corrected chi connectivity index (χ2v) is 8.95. The molecule has 35 heavy (non-hydrogen) atoms.